The third-order valence-electron chi connectivity index (χ3n) is 3.52. The van der Waals surface area contributed by atoms with E-state index in [9.17, 15) is 4.79 Å². The predicted molar refractivity (Wildman–Crippen MR) is 68.9 cm³/mol. The highest BCUT2D eigenvalue weighted by Gasteiger charge is 2.19. The zero-order valence-corrected chi connectivity index (χ0v) is 11.4. The molecule has 0 aliphatic carbocycles. The molecule has 0 bridgehead atoms. The summed E-state index contributed by atoms with van der Waals surface area (Å²) in [6.45, 7) is 5.37. The molecule has 0 spiro atoms. The van der Waals surface area contributed by atoms with Crippen LogP contribution in [-0.2, 0) is 9.53 Å². The largest absolute Gasteiger partial charge is 0.381 e. The van der Waals surface area contributed by atoms with Gasteiger partial charge < -0.3 is 15.0 Å². The number of amides is 1. The average Bonchev–Trinajstić information content (AvgIpc) is 2.36. The fraction of sp³-hybridized carbons (Fsp3) is 0.923. The van der Waals surface area contributed by atoms with Crippen molar-refractivity contribution in [1.29, 1.82) is 0 Å². The maximum Gasteiger partial charge on any atom is 0.226 e. The Morgan fingerprint density at radius 1 is 1.47 bits per heavy atom. The van der Waals surface area contributed by atoms with Crippen LogP contribution < -0.4 is 5.32 Å². The molecule has 100 valence electrons. The van der Waals surface area contributed by atoms with Crippen LogP contribution >= 0.6 is 0 Å². The van der Waals surface area contributed by atoms with Crippen molar-refractivity contribution in [2.45, 2.75) is 26.2 Å². The number of hydrogen-bond acceptors (Lipinski definition) is 3. The molecule has 4 nitrogen and oxygen atoms in total. The predicted octanol–water partition coefficient (Wildman–Crippen LogP) is 1.12. The van der Waals surface area contributed by atoms with Gasteiger partial charge in [0.25, 0.3) is 0 Å². The smallest absolute Gasteiger partial charge is 0.226 e. The van der Waals surface area contributed by atoms with Gasteiger partial charge in [0.1, 0.15) is 0 Å². The van der Waals surface area contributed by atoms with Gasteiger partial charge in [0, 0.05) is 39.3 Å². The second-order valence-corrected chi connectivity index (χ2v) is 5.06. The van der Waals surface area contributed by atoms with Crippen molar-refractivity contribution in [3.05, 3.63) is 0 Å². The van der Waals surface area contributed by atoms with Crippen LogP contribution in [0, 0.1) is 11.8 Å². The Morgan fingerprint density at radius 3 is 2.71 bits per heavy atom. The molecule has 1 rings (SSSR count). The molecule has 17 heavy (non-hydrogen) atoms. The summed E-state index contributed by atoms with van der Waals surface area (Å²) in [5.41, 5.74) is 0. The fourth-order valence-corrected chi connectivity index (χ4v) is 2.29. The Bertz CT molecular complexity index is 227. The molecule has 0 aromatic heterocycles. The molecule has 1 fully saturated rings. The highest BCUT2D eigenvalue weighted by molar-refractivity contribution is 5.78. The Morgan fingerprint density at radius 2 is 2.12 bits per heavy atom. The molecule has 1 atom stereocenters. The lowest BCUT2D eigenvalue weighted by Crippen LogP contribution is -2.37. The van der Waals surface area contributed by atoms with Gasteiger partial charge in [-0.05, 0) is 32.2 Å². The molecule has 0 radical (unpaired) electrons. The van der Waals surface area contributed by atoms with Crippen molar-refractivity contribution in [3.63, 3.8) is 0 Å². The van der Waals surface area contributed by atoms with Crippen molar-refractivity contribution in [2.24, 2.45) is 11.8 Å². The zero-order valence-electron chi connectivity index (χ0n) is 11.4. The van der Waals surface area contributed by atoms with E-state index in [-0.39, 0.29) is 11.8 Å². The minimum atomic E-state index is 0.0692. The summed E-state index contributed by atoms with van der Waals surface area (Å²) in [5, 5.41) is 3.04. The standard InChI is InChI=1S/C13H26N2O2/c1-11(10-14-2)13(16)15(3)7-4-12-5-8-17-9-6-12/h11-12,14H,4-10H2,1-3H3. The maximum absolute atomic E-state index is 12.0. The van der Waals surface area contributed by atoms with Crippen LogP contribution in [-0.4, -0.2) is 51.2 Å². The number of carbonyl (C=O) groups excluding carboxylic acids is 1. The van der Waals surface area contributed by atoms with E-state index in [2.05, 4.69) is 5.32 Å². The molecular weight excluding hydrogens is 216 g/mol. The quantitative estimate of drug-likeness (QED) is 0.759. The summed E-state index contributed by atoms with van der Waals surface area (Å²) in [5.74, 6) is 1.05. The van der Waals surface area contributed by atoms with E-state index < -0.39 is 0 Å². The second-order valence-electron chi connectivity index (χ2n) is 5.06. The van der Waals surface area contributed by atoms with Gasteiger partial charge in [-0.3, -0.25) is 4.79 Å². The Kier molecular flexibility index (Phi) is 6.52. The van der Waals surface area contributed by atoms with Gasteiger partial charge in [-0.25, -0.2) is 0 Å². The topological polar surface area (TPSA) is 41.6 Å². The first-order valence-corrected chi connectivity index (χ1v) is 6.62. The Balaban J connectivity index is 2.23. The maximum atomic E-state index is 12.0. The lowest BCUT2D eigenvalue weighted by molar-refractivity contribution is -0.133. The molecule has 1 N–H and O–H groups in total. The van der Waals surface area contributed by atoms with E-state index in [4.69, 9.17) is 4.74 Å². The molecule has 4 heteroatoms. The molecule has 1 aliphatic heterocycles. The van der Waals surface area contributed by atoms with Gasteiger partial charge in [-0.15, -0.1) is 0 Å². The number of carbonyl (C=O) groups is 1. The first-order chi connectivity index (χ1) is 8.15. The van der Waals surface area contributed by atoms with Crippen LogP contribution in [0.1, 0.15) is 26.2 Å². The van der Waals surface area contributed by atoms with Crippen molar-refractivity contribution in [3.8, 4) is 0 Å². The van der Waals surface area contributed by atoms with Crippen molar-refractivity contribution >= 4 is 5.91 Å². The van der Waals surface area contributed by atoms with Gasteiger partial charge in [0.2, 0.25) is 5.91 Å². The number of nitrogens with one attached hydrogen (secondary N) is 1. The van der Waals surface area contributed by atoms with E-state index in [1.54, 1.807) is 0 Å². The second kappa shape index (κ2) is 7.67. The van der Waals surface area contributed by atoms with Crippen molar-refractivity contribution < 1.29 is 9.53 Å². The fourth-order valence-electron chi connectivity index (χ4n) is 2.29. The molecule has 1 aliphatic rings. The zero-order chi connectivity index (χ0) is 12.7. The normalized spacial score (nSPS) is 19.0. The first kappa shape index (κ1) is 14.5. The Labute approximate surface area is 105 Å². The summed E-state index contributed by atoms with van der Waals surface area (Å²) in [7, 11) is 3.79. The van der Waals surface area contributed by atoms with E-state index in [1.165, 1.54) is 0 Å². The molecule has 1 heterocycles. The minimum absolute atomic E-state index is 0.0692. The molecule has 1 amide bonds. The molecule has 0 aromatic carbocycles. The van der Waals surface area contributed by atoms with Crippen LogP contribution in [0.2, 0.25) is 0 Å². The van der Waals surface area contributed by atoms with Gasteiger partial charge in [0.15, 0.2) is 0 Å². The van der Waals surface area contributed by atoms with Gasteiger partial charge in [-0.1, -0.05) is 6.92 Å². The number of nitrogens with zero attached hydrogens (tertiary/aromatic N) is 1. The van der Waals surface area contributed by atoms with Gasteiger partial charge in [-0.2, -0.15) is 0 Å². The van der Waals surface area contributed by atoms with Crippen LogP contribution in [0.5, 0.6) is 0 Å². The number of hydrogen-bond donors (Lipinski definition) is 1. The van der Waals surface area contributed by atoms with E-state index in [1.807, 2.05) is 25.9 Å². The van der Waals surface area contributed by atoms with Crippen LogP contribution in [0.15, 0.2) is 0 Å². The number of ether oxygens (including phenoxy) is 1. The third kappa shape index (κ3) is 5.04. The first-order valence-electron chi connectivity index (χ1n) is 6.62. The summed E-state index contributed by atoms with van der Waals surface area (Å²) >= 11 is 0. The minimum Gasteiger partial charge on any atom is -0.381 e. The Hall–Kier alpha value is -0.610. The molecule has 0 saturated carbocycles. The highest BCUT2D eigenvalue weighted by atomic mass is 16.5. The molecule has 1 unspecified atom stereocenters. The summed E-state index contributed by atoms with van der Waals surface area (Å²) in [6, 6.07) is 0. The summed E-state index contributed by atoms with van der Waals surface area (Å²) in [4.78, 5) is 13.8. The average molecular weight is 242 g/mol. The van der Waals surface area contributed by atoms with E-state index in [0.717, 1.165) is 51.5 Å². The molecule has 0 aromatic rings. The highest BCUT2D eigenvalue weighted by Crippen LogP contribution is 2.18. The lowest BCUT2D eigenvalue weighted by Gasteiger charge is -2.26. The molecular formula is C13H26N2O2. The van der Waals surface area contributed by atoms with Gasteiger partial charge in [0.05, 0.1) is 0 Å². The summed E-state index contributed by atoms with van der Waals surface area (Å²) in [6.07, 6.45) is 3.40. The van der Waals surface area contributed by atoms with Crippen molar-refractivity contribution in [1.82, 2.24) is 10.2 Å². The van der Waals surface area contributed by atoms with Crippen molar-refractivity contribution in [2.75, 3.05) is 40.4 Å². The lowest BCUT2D eigenvalue weighted by atomic mass is 9.96. The summed E-state index contributed by atoms with van der Waals surface area (Å²) < 4.78 is 5.34. The van der Waals surface area contributed by atoms with E-state index >= 15 is 0 Å². The van der Waals surface area contributed by atoms with Crippen LogP contribution in [0.4, 0.5) is 0 Å². The monoisotopic (exact) mass is 242 g/mol. The van der Waals surface area contributed by atoms with Crippen LogP contribution in [0.25, 0.3) is 0 Å². The van der Waals surface area contributed by atoms with Gasteiger partial charge >= 0.3 is 0 Å². The van der Waals surface area contributed by atoms with Crippen LogP contribution in [0.3, 0.4) is 0 Å². The third-order valence-corrected chi connectivity index (χ3v) is 3.52. The van der Waals surface area contributed by atoms with E-state index in [0.29, 0.717) is 0 Å². The SMILES string of the molecule is CNCC(C)C(=O)N(C)CCC1CCOCC1. The molecule has 1 saturated heterocycles. The number of rotatable bonds is 6.